The predicted molar refractivity (Wildman–Crippen MR) is 81.5 cm³/mol. The number of hydrogen-bond acceptors (Lipinski definition) is 2. The topological polar surface area (TPSA) is 34.5 Å². The van der Waals surface area contributed by atoms with Crippen LogP contribution in [0.4, 0.5) is 4.79 Å². The van der Waals surface area contributed by atoms with Gasteiger partial charge in [-0.2, -0.15) is 0 Å². The highest BCUT2D eigenvalue weighted by Crippen LogP contribution is 2.42. The lowest BCUT2D eigenvalue weighted by Gasteiger charge is -2.38. The van der Waals surface area contributed by atoms with Crippen molar-refractivity contribution in [3.8, 4) is 0 Å². The van der Waals surface area contributed by atoms with Crippen LogP contribution in [0.25, 0.3) is 10.9 Å². The Kier molecular flexibility index (Phi) is 2.74. The summed E-state index contributed by atoms with van der Waals surface area (Å²) in [6.07, 6.45) is 3.10. The third-order valence-electron chi connectivity index (χ3n) is 4.94. The maximum atomic E-state index is 12.0. The first kappa shape index (κ1) is 12.7. The lowest BCUT2D eigenvalue weighted by molar-refractivity contribution is 0.0870. The van der Waals surface area contributed by atoms with Crippen molar-refractivity contribution in [3.63, 3.8) is 0 Å². The van der Waals surface area contributed by atoms with Gasteiger partial charge in [-0.25, -0.2) is 4.79 Å². The first-order chi connectivity index (χ1) is 10.2. The monoisotopic (exact) mass is 284 g/mol. The van der Waals surface area contributed by atoms with E-state index in [1.165, 1.54) is 34.8 Å². The van der Waals surface area contributed by atoms with Gasteiger partial charge in [-0.3, -0.25) is 4.90 Å². The van der Waals surface area contributed by atoms with Crippen LogP contribution in [-0.4, -0.2) is 29.2 Å². The number of hydrogen-bond donors (Lipinski definition) is 0. The second-order valence-corrected chi connectivity index (χ2v) is 6.11. The summed E-state index contributed by atoms with van der Waals surface area (Å²) in [7, 11) is 1.47. The molecular weight excluding hydrogens is 264 g/mol. The Bertz CT molecular complexity index is 732. The van der Waals surface area contributed by atoms with E-state index < -0.39 is 0 Å². The van der Waals surface area contributed by atoms with Gasteiger partial charge in [0.15, 0.2) is 0 Å². The minimum atomic E-state index is -0.194. The molecule has 0 spiro atoms. The molecule has 0 bridgehead atoms. The third kappa shape index (κ3) is 1.71. The van der Waals surface area contributed by atoms with Gasteiger partial charge >= 0.3 is 6.09 Å². The first-order valence-corrected chi connectivity index (χ1v) is 7.67. The normalized spacial score (nSPS) is 20.5. The fraction of sp³-hybridized carbons (Fsp3) is 0.471. The summed E-state index contributed by atoms with van der Waals surface area (Å²) >= 11 is 0. The number of benzene rings is 1. The number of fused-ring (bicyclic) bond motifs is 3. The van der Waals surface area contributed by atoms with Crippen molar-refractivity contribution in [2.45, 2.75) is 38.8 Å². The van der Waals surface area contributed by atoms with Crippen LogP contribution in [0.2, 0.25) is 0 Å². The molecule has 0 N–H and O–H groups in total. The lowest BCUT2D eigenvalue weighted by Crippen LogP contribution is -2.43. The molecule has 1 aromatic heterocycles. The van der Waals surface area contributed by atoms with Gasteiger partial charge in [0.2, 0.25) is 0 Å². The predicted octanol–water partition coefficient (Wildman–Crippen LogP) is 3.41. The van der Waals surface area contributed by atoms with E-state index in [2.05, 4.69) is 29.7 Å². The molecule has 0 radical (unpaired) electrons. The molecule has 4 rings (SSSR count). The lowest BCUT2D eigenvalue weighted by atomic mass is 9.89. The van der Waals surface area contributed by atoms with Gasteiger partial charge in [0.25, 0.3) is 0 Å². The van der Waals surface area contributed by atoms with Gasteiger partial charge in [0.05, 0.1) is 13.2 Å². The molecule has 1 atom stereocenters. The number of methoxy groups -OCH3 is 1. The van der Waals surface area contributed by atoms with Crippen molar-refractivity contribution in [2.24, 2.45) is 0 Å². The molecule has 0 saturated heterocycles. The van der Waals surface area contributed by atoms with Crippen molar-refractivity contribution >= 4 is 17.0 Å². The largest absolute Gasteiger partial charge is 0.453 e. The number of carbonyl (C=O) groups is 1. The Morgan fingerprint density at radius 3 is 3.00 bits per heavy atom. The summed E-state index contributed by atoms with van der Waals surface area (Å²) < 4.78 is 7.40. The second-order valence-electron chi connectivity index (χ2n) is 6.11. The Hall–Kier alpha value is -1.97. The molecule has 21 heavy (non-hydrogen) atoms. The molecule has 0 saturated carbocycles. The standard InChI is InChI=1S/C17H20N2O2/c1-11-6-7-14-13(10-11)12-4-3-5-15-16(12)18(14)8-9-19(15)17(20)21-2/h6-7,10,15H,3-5,8-9H2,1-2H3/t15-/m1/s1. The quantitative estimate of drug-likeness (QED) is 0.743. The minimum Gasteiger partial charge on any atom is -0.453 e. The average Bonchev–Trinajstić information content (AvgIpc) is 2.83. The van der Waals surface area contributed by atoms with Crippen LogP contribution in [-0.2, 0) is 17.7 Å². The van der Waals surface area contributed by atoms with Crippen LogP contribution in [0.1, 0.15) is 35.7 Å². The summed E-state index contributed by atoms with van der Waals surface area (Å²) in [6, 6.07) is 6.89. The highest BCUT2D eigenvalue weighted by atomic mass is 16.5. The molecule has 2 heterocycles. The van der Waals surface area contributed by atoms with Gasteiger partial charge in [0.1, 0.15) is 0 Å². The van der Waals surface area contributed by atoms with Crippen LogP contribution in [0.5, 0.6) is 0 Å². The fourth-order valence-electron chi connectivity index (χ4n) is 4.05. The summed E-state index contributed by atoms with van der Waals surface area (Å²) in [5, 5.41) is 1.38. The van der Waals surface area contributed by atoms with Crippen molar-refractivity contribution in [2.75, 3.05) is 13.7 Å². The molecule has 0 fully saturated rings. The Morgan fingerprint density at radius 2 is 2.19 bits per heavy atom. The van der Waals surface area contributed by atoms with E-state index in [4.69, 9.17) is 4.74 Å². The molecule has 1 amide bonds. The van der Waals surface area contributed by atoms with E-state index in [0.717, 1.165) is 32.4 Å². The van der Waals surface area contributed by atoms with Crippen molar-refractivity contribution in [3.05, 3.63) is 35.0 Å². The third-order valence-corrected chi connectivity index (χ3v) is 4.94. The first-order valence-electron chi connectivity index (χ1n) is 7.67. The summed E-state index contributed by atoms with van der Waals surface area (Å²) in [4.78, 5) is 14.0. The number of ether oxygens (including phenoxy) is 1. The Labute approximate surface area is 124 Å². The van der Waals surface area contributed by atoms with Gasteiger partial charge in [-0.05, 0) is 43.9 Å². The molecule has 1 aliphatic heterocycles. The Balaban J connectivity index is 1.94. The molecule has 1 aromatic carbocycles. The smallest absolute Gasteiger partial charge is 0.410 e. The SMILES string of the molecule is COC(=O)N1CCn2c3c(c4cc(C)ccc42)CCC[C@H]31. The summed E-state index contributed by atoms with van der Waals surface area (Å²) in [5.74, 6) is 0. The van der Waals surface area contributed by atoms with E-state index in [1.807, 2.05) is 4.90 Å². The van der Waals surface area contributed by atoms with Gasteiger partial charge in [-0.1, -0.05) is 11.6 Å². The number of rotatable bonds is 0. The molecule has 4 nitrogen and oxygen atoms in total. The van der Waals surface area contributed by atoms with E-state index in [-0.39, 0.29) is 12.1 Å². The molecule has 2 aromatic rings. The molecule has 110 valence electrons. The van der Waals surface area contributed by atoms with E-state index in [9.17, 15) is 4.79 Å². The highest BCUT2D eigenvalue weighted by Gasteiger charge is 2.37. The highest BCUT2D eigenvalue weighted by molar-refractivity contribution is 5.87. The number of aryl methyl sites for hydroxylation is 2. The maximum Gasteiger partial charge on any atom is 0.410 e. The molecule has 2 aliphatic rings. The maximum absolute atomic E-state index is 12.0. The van der Waals surface area contributed by atoms with E-state index >= 15 is 0 Å². The molecular formula is C17H20N2O2. The van der Waals surface area contributed by atoms with Crippen LogP contribution >= 0.6 is 0 Å². The van der Waals surface area contributed by atoms with Gasteiger partial charge < -0.3 is 9.30 Å². The zero-order chi connectivity index (χ0) is 14.6. The van der Waals surface area contributed by atoms with Gasteiger partial charge in [0, 0.05) is 29.7 Å². The molecule has 1 aliphatic carbocycles. The van der Waals surface area contributed by atoms with Crippen molar-refractivity contribution in [1.29, 1.82) is 0 Å². The fourth-order valence-corrected chi connectivity index (χ4v) is 4.05. The number of aromatic nitrogens is 1. The van der Waals surface area contributed by atoms with Crippen molar-refractivity contribution in [1.82, 2.24) is 9.47 Å². The number of carbonyl (C=O) groups excluding carboxylic acids is 1. The molecule has 4 heteroatoms. The zero-order valence-electron chi connectivity index (χ0n) is 12.6. The number of nitrogens with zero attached hydrogens (tertiary/aromatic N) is 2. The zero-order valence-corrected chi connectivity index (χ0v) is 12.6. The van der Waals surface area contributed by atoms with Gasteiger partial charge in [-0.15, -0.1) is 0 Å². The Morgan fingerprint density at radius 1 is 1.33 bits per heavy atom. The van der Waals surface area contributed by atoms with Crippen LogP contribution < -0.4 is 0 Å². The summed E-state index contributed by atoms with van der Waals surface area (Å²) in [6.45, 7) is 3.74. The average molecular weight is 284 g/mol. The molecule has 0 unspecified atom stereocenters. The van der Waals surface area contributed by atoms with Crippen LogP contribution in [0.15, 0.2) is 18.2 Å². The van der Waals surface area contributed by atoms with Crippen LogP contribution in [0.3, 0.4) is 0 Å². The summed E-state index contributed by atoms with van der Waals surface area (Å²) in [5.41, 5.74) is 5.41. The van der Waals surface area contributed by atoms with Crippen LogP contribution in [0, 0.1) is 6.92 Å². The minimum absolute atomic E-state index is 0.183. The van der Waals surface area contributed by atoms with E-state index in [1.54, 1.807) is 0 Å². The number of amides is 1. The second kappa shape index (κ2) is 4.52. The van der Waals surface area contributed by atoms with Crippen molar-refractivity contribution < 1.29 is 9.53 Å². The van der Waals surface area contributed by atoms with E-state index in [0.29, 0.717) is 0 Å².